The molecule has 3 rings (SSSR count). The lowest BCUT2D eigenvalue weighted by molar-refractivity contribution is 0.422. The number of phenols is 1. The molecule has 1 saturated heterocycles. The van der Waals surface area contributed by atoms with Crippen LogP contribution in [0.5, 0.6) is 5.75 Å². The van der Waals surface area contributed by atoms with Gasteiger partial charge < -0.3 is 10.4 Å². The maximum atomic E-state index is 10.4. The second-order valence-electron chi connectivity index (χ2n) is 5.82. The Morgan fingerprint density at radius 1 is 1.22 bits per heavy atom. The highest BCUT2D eigenvalue weighted by atomic mass is 16.3. The van der Waals surface area contributed by atoms with Gasteiger partial charge in [0.1, 0.15) is 5.75 Å². The highest BCUT2D eigenvalue weighted by Crippen LogP contribution is 2.38. The van der Waals surface area contributed by atoms with Crippen molar-refractivity contribution in [2.75, 3.05) is 13.1 Å². The van der Waals surface area contributed by atoms with Gasteiger partial charge in [-0.3, -0.25) is 0 Å². The van der Waals surface area contributed by atoms with Crippen LogP contribution in [0, 0.1) is 6.92 Å². The summed E-state index contributed by atoms with van der Waals surface area (Å²) in [6, 6.07) is 2.05. The third-order valence-corrected chi connectivity index (χ3v) is 4.66. The van der Waals surface area contributed by atoms with E-state index in [4.69, 9.17) is 0 Å². The molecule has 0 saturated carbocycles. The molecule has 0 amide bonds. The molecule has 1 aliphatic heterocycles. The van der Waals surface area contributed by atoms with E-state index in [9.17, 15) is 5.11 Å². The standard InChI is InChI=1S/C16H23NO/c1-11-14-7-3-2-5-12(14)9-15(18)16(11)13-6-4-8-17-10-13/h9,13,17-18H,2-8,10H2,1H3. The minimum atomic E-state index is 0.506. The number of rotatable bonds is 1. The zero-order valence-corrected chi connectivity index (χ0v) is 11.3. The Labute approximate surface area is 109 Å². The molecule has 1 atom stereocenters. The Bertz CT molecular complexity index is 447. The highest BCUT2D eigenvalue weighted by molar-refractivity contribution is 5.51. The van der Waals surface area contributed by atoms with Gasteiger partial charge in [0.2, 0.25) is 0 Å². The van der Waals surface area contributed by atoms with Crippen molar-refractivity contribution in [2.45, 2.75) is 51.4 Å². The summed E-state index contributed by atoms with van der Waals surface area (Å²) >= 11 is 0. The largest absolute Gasteiger partial charge is 0.508 e. The fraction of sp³-hybridized carbons (Fsp3) is 0.625. The van der Waals surface area contributed by atoms with E-state index in [2.05, 4.69) is 12.2 Å². The minimum absolute atomic E-state index is 0.506. The first-order valence-corrected chi connectivity index (χ1v) is 7.32. The molecule has 0 aromatic heterocycles. The van der Waals surface area contributed by atoms with Gasteiger partial charge in [-0.1, -0.05) is 0 Å². The van der Waals surface area contributed by atoms with E-state index < -0.39 is 0 Å². The molecule has 0 bridgehead atoms. The fourth-order valence-corrected chi connectivity index (χ4v) is 3.73. The van der Waals surface area contributed by atoms with E-state index >= 15 is 0 Å². The number of nitrogens with one attached hydrogen (secondary N) is 1. The van der Waals surface area contributed by atoms with Crippen molar-refractivity contribution < 1.29 is 5.11 Å². The molecule has 18 heavy (non-hydrogen) atoms. The van der Waals surface area contributed by atoms with Crippen molar-refractivity contribution in [3.05, 3.63) is 28.3 Å². The lowest BCUT2D eigenvalue weighted by atomic mass is 9.80. The van der Waals surface area contributed by atoms with Crippen LogP contribution >= 0.6 is 0 Å². The fourth-order valence-electron chi connectivity index (χ4n) is 3.73. The molecule has 2 nitrogen and oxygen atoms in total. The van der Waals surface area contributed by atoms with Crippen molar-refractivity contribution in [3.63, 3.8) is 0 Å². The number of fused-ring (bicyclic) bond motifs is 1. The summed E-state index contributed by atoms with van der Waals surface area (Å²) in [4.78, 5) is 0. The average molecular weight is 245 g/mol. The van der Waals surface area contributed by atoms with Crippen molar-refractivity contribution in [3.8, 4) is 5.75 Å². The van der Waals surface area contributed by atoms with Crippen molar-refractivity contribution in [2.24, 2.45) is 0 Å². The van der Waals surface area contributed by atoms with Gasteiger partial charge >= 0.3 is 0 Å². The molecule has 0 radical (unpaired) electrons. The average Bonchev–Trinajstić information content (AvgIpc) is 2.40. The number of aromatic hydroxyl groups is 1. The Balaban J connectivity index is 2.02. The molecule has 1 aliphatic carbocycles. The molecular formula is C16H23NO. The zero-order valence-electron chi connectivity index (χ0n) is 11.3. The van der Waals surface area contributed by atoms with Gasteiger partial charge in [0.25, 0.3) is 0 Å². The van der Waals surface area contributed by atoms with Crippen molar-refractivity contribution in [1.82, 2.24) is 5.32 Å². The summed E-state index contributed by atoms with van der Waals surface area (Å²) in [5, 5.41) is 13.8. The normalized spacial score (nSPS) is 23.7. The molecule has 0 spiro atoms. The summed E-state index contributed by atoms with van der Waals surface area (Å²) in [5.74, 6) is 1.05. The molecular weight excluding hydrogens is 222 g/mol. The van der Waals surface area contributed by atoms with Crippen molar-refractivity contribution >= 4 is 0 Å². The lowest BCUT2D eigenvalue weighted by Crippen LogP contribution is -2.29. The van der Waals surface area contributed by atoms with Gasteiger partial charge in [0.15, 0.2) is 0 Å². The minimum Gasteiger partial charge on any atom is -0.508 e. The van der Waals surface area contributed by atoms with Gasteiger partial charge in [0, 0.05) is 18.0 Å². The number of piperidine rings is 1. The molecule has 2 N–H and O–H groups in total. The number of benzene rings is 1. The third-order valence-electron chi connectivity index (χ3n) is 4.66. The molecule has 2 heteroatoms. The second kappa shape index (κ2) is 4.93. The van der Waals surface area contributed by atoms with Crippen LogP contribution in [0.3, 0.4) is 0 Å². The summed E-state index contributed by atoms with van der Waals surface area (Å²) < 4.78 is 0. The number of phenolic OH excluding ortho intramolecular Hbond substituents is 1. The second-order valence-corrected chi connectivity index (χ2v) is 5.82. The Hall–Kier alpha value is -1.02. The van der Waals surface area contributed by atoms with Crippen LogP contribution in [0.2, 0.25) is 0 Å². The van der Waals surface area contributed by atoms with Gasteiger partial charge in [-0.25, -0.2) is 0 Å². The van der Waals surface area contributed by atoms with E-state index in [-0.39, 0.29) is 0 Å². The van der Waals surface area contributed by atoms with E-state index in [1.165, 1.54) is 54.4 Å². The van der Waals surface area contributed by atoms with Gasteiger partial charge in [0.05, 0.1) is 0 Å². The van der Waals surface area contributed by atoms with Gasteiger partial charge in [-0.2, -0.15) is 0 Å². The van der Waals surface area contributed by atoms with Crippen LogP contribution in [0.15, 0.2) is 6.07 Å². The van der Waals surface area contributed by atoms with Crippen LogP contribution in [-0.4, -0.2) is 18.2 Å². The molecule has 1 aromatic rings. The molecule has 1 unspecified atom stereocenters. The quantitative estimate of drug-likeness (QED) is 0.797. The van der Waals surface area contributed by atoms with Gasteiger partial charge in [-0.15, -0.1) is 0 Å². The summed E-state index contributed by atoms with van der Waals surface area (Å²) in [5.41, 5.74) is 5.52. The maximum Gasteiger partial charge on any atom is 0.119 e. The zero-order chi connectivity index (χ0) is 12.5. The molecule has 98 valence electrons. The van der Waals surface area contributed by atoms with Crippen LogP contribution in [0.25, 0.3) is 0 Å². The summed E-state index contributed by atoms with van der Waals surface area (Å²) in [6.07, 6.45) is 7.36. The van der Waals surface area contributed by atoms with E-state index in [0.717, 1.165) is 19.5 Å². The third kappa shape index (κ3) is 2.03. The number of hydrogen-bond acceptors (Lipinski definition) is 2. The Kier molecular flexibility index (Phi) is 3.29. The monoisotopic (exact) mass is 245 g/mol. The lowest BCUT2D eigenvalue weighted by Gasteiger charge is -2.28. The van der Waals surface area contributed by atoms with Crippen molar-refractivity contribution in [1.29, 1.82) is 0 Å². The van der Waals surface area contributed by atoms with Gasteiger partial charge in [-0.05, 0) is 74.8 Å². The van der Waals surface area contributed by atoms with E-state index in [1.54, 1.807) is 0 Å². The van der Waals surface area contributed by atoms with Crippen LogP contribution < -0.4 is 5.32 Å². The Morgan fingerprint density at radius 2 is 2.06 bits per heavy atom. The SMILES string of the molecule is Cc1c2c(cc(O)c1C1CCCNC1)CCCC2. The molecule has 1 heterocycles. The predicted octanol–water partition coefficient (Wildman–Crippen LogP) is 3.05. The number of aryl methyl sites for hydroxylation is 1. The van der Waals surface area contributed by atoms with E-state index in [1.807, 2.05) is 6.07 Å². The summed E-state index contributed by atoms with van der Waals surface area (Å²) in [7, 11) is 0. The summed E-state index contributed by atoms with van der Waals surface area (Å²) in [6.45, 7) is 4.36. The van der Waals surface area contributed by atoms with Crippen LogP contribution in [-0.2, 0) is 12.8 Å². The first kappa shape index (κ1) is 12.0. The predicted molar refractivity (Wildman–Crippen MR) is 74.3 cm³/mol. The molecule has 1 fully saturated rings. The number of hydrogen-bond donors (Lipinski definition) is 2. The first-order chi connectivity index (χ1) is 8.77. The first-order valence-electron chi connectivity index (χ1n) is 7.32. The van der Waals surface area contributed by atoms with E-state index in [0.29, 0.717) is 11.7 Å². The topological polar surface area (TPSA) is 32.3 Å². The van der Waals surface area contributed by atoms with Crippen LogP contribution in [0.1, 0.15) is 53.9 Å². The Morgan fingerprint density at radius 3 is 2.83 bits per heavy atom. The molecule has 2 aliphatic rings. The smallest absolute Gasteiger partial charge is 0.119 e. The molecule has 1 aromatic carbocycles. The van der Waals surface area contributed by atoms with Crippen LogP contribution in [0.4, 0.5) is 0 Å². The maximum absolute atomic E-state index is 10.4. The highest BCUT2D eigenvalue weighted by Gasteiger charge is 2.24.